The Balaban J connectivity index is -0.000000180. The van der Waals surface area contributed by atoms with Gasteiger partial charge in [0.15, 0.2) is 0 Å². The van der Waals surface area contributed by atoms with Crippen LogP contribution >= 0.6 is 0 Å². The van der Waals surface area contributed by atoms with Crippen LogP contribution in [0, 0.1) is 0 Å². The largest absolute Gasteiger partial charge is 1.00 e. The van der Waals surface area contributed by atoms with Crippen LogP contribution in [-0.4, -0.2) is 34.7 Å². The van der Waals surface area contributed by atoms with Crippen molar-refractivity contribution in [1.82, 2.24) is 0 Å². The molecule has 0 aliphatic heterocycles. The van der Waals surface area contributed by atoms with E-state index in [0.717, 1.165) is 0 Å². The average molecular weight is 114 g/mol. The van der Waals surface area contributed by atoms with Gasteiger partial charge >= 0.3 is 33.5 Å². The normalized spacial score (nSPS) is 7.50. The van der Waals surface area contributed by atoms with Gasteiger partial charge in [0, 0.05) is 0 Å². The van der Waals surface area contributed by atoms with Gasteiger partial charge in [0.25, 0.3) is 0 Å². The van der Waals surface area contributed by atoms with Crippen LogP contribution in [0.1, 0.15) is 1.43 Å². The van der Waals surface area contributed by atoms with Crippen molar-refractivity contribution in [1.29, 1.82) is 0 Å². The number of hydrogen-bond acceptors (Lipinski definition) is 5. The van der Waals surface area contributed by atoms with Crippen LogP contribution in [-0.2, 0) is 4.57 Å². The van der Waals surface area contributed by atoms with E-state index in [0.29, 0.717) is 0 Å². The van der Waals surface area contributed by atoms with E-state index in [1.807, 2.05) is 0 Å². The van der Waals surface area contributed by atoms with E-state index < -0.39 is 14.6 Å². The summed E-state index contributed by atoms with van der Waals surface area (Å²) in [6.45, 7) is 0. The van der Waals surface area contributed by atoms with Crippen molar-refractivity contribution in [3.63, 3.8) is 0 Å². The SMILES string of the molecule is OB(O)OB(O)O.[H-].[Li+]. The summed E-state index contributed by atoms with van der Waals surface area (Å²) in [6.07, 6.45) is 0. The van der Waals surface area contributed by atoms with E-state index in [1.54, 1.807) is 0 Å². The fraction of sp³-hybridized carbons (Fsp3) is 0. The van der Waals surface area contributed by atoms with Gasteiger partial charge in [-0.1, -0.05) is 0 Å². The van der Waals surface area contributed by atoms with Crippen molar-refractivity contribution in [2.45, 2.75) is 0 Å². The summed E-state index contributed by atoms with van der Waals surface area (Å²) in [5.41, 5.74) is 0. The summed E-state index contributed by atoms with van der Waals surface area (Å²) in [6, 6.07) is 0. The molecule has 0 unspecified atom stereocenters. The molecule has 0 fully saturated rings. The molecule has 0 aliphatic carbocycles. The molecule has 0 amide bonds. The Kier molecular flexibility index (Phi) is 8.02. The third kappa shape index (κ3) is 9.73. The molecule has 0 aliphatic rings. The molecule has 0 aromatic carbocycles. The molecule has 0 saturated carbocycles. The maximum atomic E-state index is 7.74. The molecule has 4 N–H and O–H groups in total. The molecule has 8 heavy (non-hydrogen) atoms. The predicted molar refractivity (Wildman–Crippen MR) is 22.6 cm³/mol. The Bertz CT molecular complexity index is 44.2. The van der Waals surface area contributed by atoms with Crippen LogP contribution in [0.25, 0.3) is 0 Å². The zero-order valence-corrected chi connectivity index (χ0v) is 4.35. The van der Waals surface area contributed by atoms with Crippen LogP contribution in [0.3, 0.4) is 0 Å². The van der Waals surface area contributed by atoms with Crippen LogP contribution < -0.4 is 18.9 Å². The first-order chi connectivity index (χ1) is 3.13. The number of rotatable bonds is 2. The first kappa shape index (κ1) is 11.3. The van der Waals surface area contributed by atoms with E-state index in [2.05, 4.69) is 4.57 Å². The summed E-state index contributed by atoms with van der Waals surface area (Å²) in [5.74, 6) is 0. The molecule has 0 saturated heterocycles. The molecule has 0 bridgehead atoms. The minimum absolute atomic E-state index is 0. The molecular weight excluding hydrogens is 109 g/mol. The zero-order chi connectivity index (χ0) is 5.86. The summed E-state index contributed by atoms with van der Waals surface area (Å²) in [7, 11) is -4.25. The number of hydrogen-bond donors (Lipinski definition) is 4. The second-order valence-electron chi connectivity index (χ2n) is 0.789. The molecule has 0 rings (SSSR count). The standard InChI is InChI=1S/B2H4O5.Li.H/c3-1(4)7-2(5)6;;/h3-6H;;/q;+1;-1. The summed E-state index contributed by atoms with van der Waals surface area (Å²) < 4.78 is 3.47. The third-order valence-corrected chi connectivity index (χ3v) is 0.243. The van der Waals surface area contributed by atoms with Gasteiger partial charge in [0.1, 0.15) is 0 Å². The van der Waals surface area contributed by atoms with E-state index in [9.17, 15) is 0 Å². The van der Waals surface area contributed by atoms with E-state index >= 15 is 0 Å². The minimum Gasteiger partial charge on any atom is -1.00 e. The average Bonchev–Trinajstić information content (AvgIpc) is 1.27. The van der Waals surface area contributed by atoms with Gasteiger partial charge in [-0.2, -0.15) is 0 Å². The third-order valence-electron chi connectivity index (χ3n) is 0.243. The van der Waals surface area contributed by atoms with Crippen LogP contribution in [0.5, 0.6) is 0 Å². The molecule has 5 nitrogen and oxygen atoms in total. The molecule has 0 radical (unpaired) electrons. The molecule has 0 atom stereocenters. The topological polar surface area (TPSA) is 90.2 Å². The second-order valence-corrected chi connectivity index (χ2v) is 0.789. The smallest absolute Gasteiger partial charge is 1.00 e. The zero-order valence-electron chi connectivity index (χ0n) is 5.35. The molecule has 42 valence electrons. The summed E-state index contributed by atoms with van der Waals surface area (Å²) in [5, 5.41) is 30.9. The van der Waals surface area contributed by atoms with Gasteiger partial charge in [-0.05, 0) is 0 Å². The Morgan fingerprint density at radius 1 is 1.00 bits per heavy atom. The first-order valence-electron chi connectivity index (χ1n) is 1.50. The van der Waals surface area contributed by atoms with Crippen molar-refractivity contribution >= 4 is 14.6 Å². The van der Waals surface area contributed by atoms with Crippen LogP contribution in [0.2, 0.25) is 0 Å². The molecule has 8 heteroatoms. The van der Waals surface area contributed by atoms with Gasteiger partial charge < -0.3 is 26.1 Å². The minimum atomic E-state index is -2.13. The van der Waals surface area contributed by atoms with Gasteiger partial charge in [0.2, 0.25) is 0 Å². The fourth-order valence-corrected chi connectivity index (χ4v) is 0.109. The van der Waals surface area contributed by atoms with Crippen LogP contribution in [0.4, 0.5) is 0 Å². The van der Waals surface area contributed by atoms with Gasteiger partial charge in [-0.15, -0.1) is 0 Å². The molecular formula is H5B2LiO5. The Morgan fingerprint density at radius 3 is 1.25 bits per heavy atom. The second kappa shape index (κ2) is 5.66. The van der Waals surface area contributed by atoms with Crippen molar-refractivity contribution in [3.05, 3.63) is 0 Å². The van der Waals surface area contributed by atoms with Crippen LogP contribution in [0.15, 0.2) is 0 Å². The molecule has 0 heterocycles. The van der Waals surface area contributed by atoms with Gasteiger partial charge in [-0.3, -0.25) is 0 Å². The fourth-order valence-electron chi connectivity index (χ4n) is 0.109. The summed E-state index contributed by atoms with van der Waals surface area (Å²) >= 11 is 0. The van der Waals surface area contributed by atoms with Crippen molar-refractivity contribution < 1.29 is 45.0 Å². The van der Waals surface area contributed by atoms with Gasteiger partial charge in [-0.25, -0.2) is 0 Å². The summed E-state index contributed by atoms with van der Waals surface area (Å²) in [4.78, 5) is 0. The van der Waals surface area contributed by atoms with Crippen molar-refractivity contribution in [2.24, 2.45) is 0 Å². The van der Waals surface area contributed by atoms with Gasteiger partial charge in [0.05, 0.1) is 0 Å². The predicted octanol–water partition coefficient (Wildman–Crippen LogP) is -5.94. The van der Waals surface area contributed by atoms with Crippen molar-refractivity contribution in [2.75, 3.05) is 0 Å². The van der Waals surface area contributed by atoms with E-state index in [-0.39, 0.29) is 20.3 Å². The Labute approximate surface area is 60.3 Å². The Hall–Kier alpha value is 0.527. The monoisotopic (exact) mass is 114 g/mol. The Morgan fingerprint density at radius 2 is 1.25 bits per heavy atom. The first-order valence-corrected chi connectivity index (χ1v) is 1.50. The van der Waals surface area contributed by atoms with E-state index in [1.165, 1.54) is 0 Å². The van der Waals surface area contributed by atoms with E-state index in [4.69, 9.17) is 20.1 Å². The maximum absolute atomic E-state index is 7.74. The quantitative estimate of drug-likeness (QED) is 0.268. The maximum Gasteiger partial charge on any atom is 1.00 e. The van der Waals surface area contributed by atoms with Crippen molar-refractivity contribution in [3.8, 4) is 0 Å². The molecule has 0 aromatic heterocycles. The molecule has 0 aromatic rings. The molecule has 0 spiro atoms.